The van der Waals surface area contributed by atoms with Crippen LogP contribution in [-0.4, -0.2) is 29.1 Å². The van der Waals surface area contributed by atoms with Gasteiger partial charge in [-0.2, -0.15) is 0 Å². The van der Waals surface area contributed by atoms with E-state index in [1.54, 1.807) is 48.5 Å². The van der Waals surface area contributed by atoms with Gasteiger partial charge in [0.25, 0.3) is 11.8 Å². The molecule has 2 aromatic carbocycles. The molecular formula is C22H27N3O3S. The van der Waals surface area contributed by atoms with Crippen molar-refractivity contribution in [2.45, 2.75) is 46.3 Å². The predicted molar refractivity (Wildman–Crippen MR) is 120 cm³/mol. The molecule has 2 rings (SSSR count). The molecule has 2 aromatic rings. The number of carbonyl (C=O) groups is 2. The van der Waals surface area contributed by atoms with E-state index in [1.807, 2.05) is 27.7 Å². The maximum atomic E-state index is 12.4. The van der Waals surface area contributed by atoms with Crippen molar-refractivity contribution >= 4 is 34.8 Å². The number of nitrogens with one attached hydrogen (secondary N) is 3. The molecule has 0 heterocycles. The first-order valence-electron chi connectivity index (χ1n) is 9.58. The molecule has 1 unspecified atom stereocenters. The zero-order valence-corrected chi connectivity index (χ0v) is 17.9. The smallest absolute Gasteiger partial charge is 0.257 e. The van der Waals surface area contributed by atoms with E-state index < -0.39 is 0 Å². The second kappa shape index (κ2) is 10.6. The van der Waals surface area contributed by atoms with Gasteiger partial charge in [0.05, 0.1) is 6.10 Å². The van der Waals surface area contributed by atoms with E-state index in [1.165, 1.54) is 0 Å². The predicted octanol–water partition coefficient (Wildman–Crippen LogP) is 4.13. The molecule has 1 atom stereocenters. The number of anilines is 1. The molecule has 0 spiro atoms. The number of amides is 2. The third kappa shape index (κ3) is 7.19. The van der Waals surface area contributed by atoms with Crippen molar-refractivity contribution in [2.24, 2.45) is 0 Å². The number of rotatable bonds is 7. The number of carbonyl (C=O) groups excluding carboxylic acids is 2. The van der Waals surface area contributed by atoms with E-state index in [-0.39, 0.29) is 29.1 Å². The zero-order valence-electron chi connectivity index (χ0n) is 17.1. The van der Waals surface area contributed by atoms with Crippen LogP contribution in [0.3, 0.4) is 0 Å². The summed E-state index contributed by atoms with van der Waals surface area (Å²) in [4.78, 5) is 24.6. The molecule has 7 heteroatoms. The van der Waals surface area contributed by atoms with Gasteiger partial charge < -0.3 is 15.4 Å². The van der Waals surface area contributed by atoms with Crippen LogP contribution in [0.15, 0.2) is 48.5 Å². The Balaban J connectivity index is 1.95. The normalized spacial score (nSPS) is 11.5. The van der Waals surface area contributed by atoms with Crippen LogP contribution < -0.4 is 20.7 Å². The fraction of sp³-hybridized carbons (Fsp3) is 0.318. The molecule has 3 N–H and O–H groups in total. The van der Waals surface area contributed by atoms with Gasteiger partial charge in [0.1, 0.15) is 5.75 Å². The first-order chi connectivity index (χ1) is 13.8. The molecule has 0 aliphatic rings. The maximum absolute atomic E-state index is 12.4. The number of hydrogen-bond donors (Lipinski definition) is 3. The number of benzene rings is 2. The average molecular weight is 414 g/mol. The molecule has 0 fully saturated rings. The van der Waals surface area contributed by atoms with Crippen LogP contribution in [0.25, 0.3) is 0 Å². The van der Waals surface area contributed by atoms with Gasteiger partial charge >= 0.3 is 0 Å². The van der Waals surface area contributed by atoms with Gasteiger partial charge in [0.15, 0.2) is 5.11 Å². The third-order valence-electron chi connectivity index (χ3n) is 4.09. The number of hydrogen-bond acceptors (Lipinski definition) is 4. The number of thiocarbonyl (C=S) groups is 1. The highest BCUT2D eigenvalue weighted by Crippen LogP contribution is 2.14. The van der Waals surface area contributed by atoms with Crippen LogP contribution in [0.2, 0.25) is 0 Å². The minimum absolute atomic E-state index is 0.0643. The highest BCUT2D eigenvalue weighted by Gasteiger charge is 2.11. The molecule has 2 amide bonds. The van der Waals surface area contributed by atoms with Crippen molar-refractivity contribution in [1.82, 2.24) is 10.6 Å². The van der Waals surface area contributed by atoms with Crippen LogP contribution in [-0.2, 0) is 0 Å². The zero-order chi connectivity index (χ0) is 21.4. The summed E-state index contributed by atoms with van der Waals surface area (Å²) in [5, 5.41) is 8.64. The van der Waals surface area contributed by atoms with Crippen LogP contribution >= 0.6 is 12.2 Å². The van der Waals surface area contributed by atoms with Crippen molar-refractivity contribution in [3.8, 4) is 5.75 Å². The van der Waals surface area contributed by atoms with Crippen molar-refractivity contribution in [2.75, 3.05) is 5.32 Å². The van der Waals surface area contributed by atoms with Crippen molar-refractivity contribution in [3.63, 3.8) is 0 Å². The molecule has 0 saturated heterocycles. The van der Waals surface area contributed by atoms with E-state index in [2.05, 4.69) is 16.0 Å². The summed E-state index contributed by atoms with van der Waals surface area (Å²) >= 11 is 5.22. The highest BCUT2D eigenvalue weighted by atomic mass is 32.1. The van der Waals surface area contributed by atoms with Gasteiger partial charge in [0.2, 0.25) is 0 Å². The Labute approximate surface area is 177 Å². The Morgan fingerprint density at radius 2 is 1.69 bits per heavy atom. The molecule has 6 nitrogen and oxygen atoms in total. The first kappa shape index (κ1) is 22.4. The van der Waals surface area contributed by atoms with E-state index in [4.69, 9.17) is 17.0 Å². The maximum Gasteiger partial charge on any atom is 0.257 e. The molecule has 0 aliphatic carbocycles. The van der Waals surface area contributed by atoms with Gasteiger partial charge in [-0.1, -0.05) is 13.0 Å². The van der Waals surface area contributed by atoms with Crippen molar-refractivity contribution in [1.29, 1.82) is 0 Å². The number of ether oxygens (including phenoxy) is 1. The molecular weight excluding hydrogens is 386 g/mol. The summed E-state index contributed by atoms with van der Waals surface area (Å²) in [6.07, 6.45) is 0.916. The Hall–Kier alpha value is -2.93. The van der Waals surface area contributed by atoms with Crippen LogP contribution in [0, 0.1) is 0 Å². The molecule has 0 aromatic heterocycles. The van der Waals surface area contributed by atoms with Crippen molar-refractivity contribution < 1.29 is 14.3 Å². The Morgan fingerprint density at radius 3 is 2.31 bits per heavy atom. The Morgan fingerprint density at radius 1 is 1.00 bits per heavy atom. The quantitative estimate of drug-likeness (QED) is 0.595. The largest absolute Gasteiger partial charge is 0.491 e. The summed E-state index contributed by atoms with van der Waals surface area (Å²) in [5.74, 6) is 0.218. The van der Waals surface area contributed by atoms with Gasteiger partial charge in [-0.3, -0.25) is 14.9 Å². The lowest BCUT2D eigenvalue weighted by Crippen LogP contribution is -2.34. The summed E-state index contributed by atoms with van der Waals surface area (Å²) < 4.78 is 5.57. The molecule has 0 saturated carbocycles. The average Bonchev–Trinajstić information content (AvgIpc) is 2.68. The fourth-order valence-electron chi connectivity index (χ4n) is 2.44. The lowest BCUT2D eigenvalue weighted by atomic mass is 10.1. The molecule has 0 aliphatic heterocycles. The van der Waals surface area contributed by atoms with E-state index >= 15 is 0 Å². The van der Waals surface area contributed by atoms with Gasteiger partial charge in [-0.05, 0) is 81.9 Å². The summed E-state index contributed by atoms with van der Waals surface area (Å²) in [6.45, 7) is 7.84. The highest BCUT2D eigenvalue weighted by molar-refractivity contribution is 7.80. The molecule has 0 radical (unpaired) electrons. The Bertz CT molecular complexity index is 866. The molecule has 154 valence electrons. The monoisotopic (exact) mass is 413 g/mol. The molecule has 29 heavy (non-hydrogen) atoms. The molecule has 0 bridgehead atoms. The minimum atomic E-state index is -0.329. The van der Waals surface area contributed by atoms with E-state index in [9.17, 15) is 9.59 Å². The lowest BCUT2D eigenvalue weighted by molar-refractivity contribution is 0.0937. The van der Waals surface area contributed by atoms with Gasteiger partial charge in [-0.25, -0.2) is 0 Å². The third-order valence-corrected chi connectivity index (χ3v) is 4.29. The van der Waals surface area contributed by atoms with Crippen LogP contribution in [0.1, 0.15) is 54.8 Å². The van der Waals surface area contributed by atoms with E-state index in [0.29, 0.717) is 22.6 Å². The minimum Gasteiger partial charge on any atom is -0.491 e. The second-order valence-corrected chi connectivity index (χ2v) is 7.37. The first-order valence-corrected chi connectivity index (χ1v) is 9.99. The topological polar surface area (TPSA) is 79.5 Å². The lowest BCUT2D eigenvalue weighted by Gasteiger charge is -2.13. The van der Waals surface area contributed by atoms with Crippen LogP contribution in [0.5, 0.6) is 5.75 Å². The van der Waals surface area contributed by atoms with Gasteiger partial charge in [0, 0.05) is 22.9 Å². The summed E-state index contributed by atoms with van der Waals surface area (Å²) in [7, 11) is 0. The second-order valence-electron chi connectivity index (χ2n) is 6.96. The summed E-state index contributed by atoms with van der Waals surface area (Å²) in [6, 6.07) is 13.9. The van der Waals surface area contributed by atoms with Crippen molar-refractivity contribution in [3.05, 3.63) is 59.7 Å². The van der Waals surface area contributed by atoms with Gasteiger partial charge in [-0.15, -0.1) is 0 Å². The van der Waals surface area contributed by atoms with Crippen LogP contribution in [0.4, 0.5) is 5.69 Å². The summed E-state index contributed by atoms with van der Waals surface area (Å²) in [5.41, 5.74) is 1.60. The standard InChI is InChI=1S/C22H27N3O3S/c1-5-15(4)23-21(27)17-7-6-8-18(13-17)24-22(29)25-20(26)16-9-11-19(12-10-16)28-14(2)3/h6-15H,5H2,1-4H3,(H,23,27)(H2,24,25,26,29). The fourth-order valence-corrected chi connectivity index (χ4v) is 2.65. The Kier molecular flexibility index (Phi) is 8.15. The van der Waals surface area contributed by atoms with E-state index in [0.717, 1.165) is 6.42 Å². The SMILES string of the molecule is CCC(C)NC(=O)c1cccc(NC(=S)NC(=O)c2ccc(OC(C)C)cc2)c1.